The molecule has 94 valence electrons. The second-order valence-electron chi connectivity index (χ2n) is 3.53. The molecule has 0 spiro atoms. The predicted molar refractivity (Wildman–Crippen MR) is 70.4 cm³/mol. The average molecular weight is 253 g/mol. The number of rotatable bonds is 2. The van der Waals surface area contributed by atoms with Gasteiger partial charge in [-0.3, -0.25) is 4.79 Å². The van der Waals surface area contributed by atoms with Crippen LogP contribution >= 0.6 is 0 Å². The zero-order valence-corrected chi connectivity index (χ0v) is 10.00. The van der Waals surface area contributed by atoms with Crippen LogP contribution in [0.2, 0.25) is 0 Å². The highest BCUT2D eigenvalue weighted by molar-refractivity contribution is 6.03. The fourth-order valence-corrected chi connectivity index (χ4v) is 1.43. The minimum Gasteiger partial charge on any atom is -0.384 e. The number of amides is 1. The van der Waals surface area contributed by atoms with E-state index >= 15 is 0 Å². The second-order valence-corrected chi connectivity index (χ2v) is 3.53. The van der Waals surface area contributed by atoms with Crippen molar-refractivity contribution in [3.63, 3.8) is 0 Å². The number of nitrogens with one attached hydrogen (secondary N) is 1. The summed E-state index contributed by atoms with van der Waals surface area (Å²) in [6.45, 7) is -0.268. The molecule has 0 fully saturated rings. The van der Waals surface area contributed by atoms with E-state index in [2.05, 4.69) is 27.1 Å². The normalized spacial score (nSPS) is 9.32. The van der Waals surface area contributed by atoms with Crippen LogP contribution in [0.25, 0.3) is 0 Å². The van der Waals surface area contributed by atoms with Gasteiger partial charge < -0.3 is 10.4 Å². The van der Waals surface area contributed by atoms with Crippen LogP contribution in [0.15, 0.2) is 42.7 Å². The first-order valence-electron chi connectivity index (χ1n) is 5.58. The highest BCUT2D eigenvalue weighted by Crippen LogP contribution is 2.07. The van der Waals surface area contributed by atoms with E-state index in [-0.39, 0.29) is 18.2 Å². The molecule has 0 atom stereocenters. The van der Waals surface area contributed by atoms with Crippen LogP contribution < -0.4 is 5.32 Å². The Morgan fingerprint density at radius 3 is 2.79 bits per heavy atom. The van der Waals surface area contributed by atoms with E-state index < -0.39 is 0 Å². The topological polar surface area (TPSA) is 75.1 Å². The number of aliphatic hydroxyl groups is 1. The third-order valence-electron chi connectivity index (χ3n) is 2.23. The monoisotopic (exact) mass is 253 g/mol. The maximum absolute atomic E-state index is 12.1. The molecule has 2 aromatic heterocycles. The van der Waals surface area contributed by atoms with E-state index in [1.165, 1.54) is 6.20 Å². The minimum absolute atomic E-state index is 0.203. The third-order valence-corrected chi connectivity index (χ3v) is 2.23. The van der Waals surface area contributed by atoms with E-state index in [1.54, 1.807) is 36.5 Å². The smallest absolute Gasteiger partial charge is 0.276 e. The summed E-state index contributed by atoms with van der Waals surface area (Å²) in [4.78, 5) is 20.1. The molecule has 0 aliphatic heterocycles. The number of aromatic nitrogens is 2. The number of pyridine rings is 2. The zero-order valence-electron chi connectivity index (χ0n) is 10.00. The van der Waals surface area contributed by atoms with Crippen LogP contribution in [0.1, 0.15) is 16.1 Å². The van der Waals surface area contributed by atoms with Crippen molar-refractivity contribution in [3.8, 4) is 11.8 Å². The van der Waals surface area contributed by atoms with Gasteiger partial charge in [-0.05, 0) is 24.3 Å². The van der Waals surface area contributed by atoms with Crippen molar-refractivity contribution in [1.29, 1.82) is 0 Å². The Kier molecular flexibility index (Phi) is 4.21. The van der Waals surface area contributed by atoms with Gasteiger partial charge in [-0.1, -0.05) is 17.9 Å². The molecule has 0 aliphatic carbocycles. The molecule has 2 N–H and O–H groups in total. The van der Waals surface area contributed by atoms with Crippen molar-refractivity contribution in [2.75, 3.05) is 11.9 Å². The van der Waals surface area contributed by atoms with Gasteiger partial charge >= 0.3 is 0 Å². The fraction of sp³-hybridized carbons (Fsp3) is 0.0714. The van der Waals surface area contributed by atoms with Crippen LogP contribution in [0, 0.1) is 11.8 Å². The Hall–Kier alpha value is -2.71. The summed E-state index contributed by atoms with van der Waals surface area (Å²) < 4.78 is 0. The fourth-order valence-electron chi connectivity index (χ4n) is 1.43. The van der Waals surface area contributed by atoms with E-state index in [0.29, 0.717) is 11.4 Å². The Morgan fingerprint density at radius 1 is 1.21 bits per heavy atom. The molecule has 5 heteroatoms. The van der Waals surface area contributed by atoms with E-state index in [9.17, 15) is 4.79 Å². The van der Waals surface area contributed by atoms with E-state index in [4.69, 9.17) is 5.11 Å². The number of anilines is 1. The van der Waals surface area contributed by atoms with Gasteiger partial charge in [0, 0.05) is 12.4 Å². The summed E-state index contributed by atoms with van der Waals surface area (Å²) in [5.74, 6) is 5.24. The molecule has 0 saturated carbocycles. The number of hydrogen-bond donors (Lipinski definition) is 2. The largest absolute Gasteiger partial charge is 0.384 e. The van der Waals surface area contributed by atoms with Gasteiger partial charge in [-0.2, -0.15) is 0 Å². The summed E-state index contributed by atoms with van der Waals surface area (Å²) in [6.07, 6.45) is 3.10. The molecule has 0 aromatic carbocycles. The van der Waals surface area contributed by atoms with Crippen LogP contribution in [-0.4, -0.2) is 27.6 Å². The molecule has 1 amide bonds. The first-order chi connectivity index (χ1) is 9.31. The van der Waals surface area contributed by atoms with Gasteiger partial charge in [0.1, 0.15) is 18.1 Å². The molecule has 2 rings (SSSR count). The first kappa shape index (κ1) is 12.7. The van der Waals surface area contributed by atoms with Gasteiger partial charge in [0.2, 0.25) is 0 Å². The quantitative estimate of drug-likeness (QED) is 0.785. The van der Waals surface area contributed by atoms with Crippen LogP contribution in [0.4, 0.5) is 5.82 Å². The van der Waals surface area contributed by atoms with E-state index in [1.807, 2.05) is 0 Å². The van der Waals surface area contributed by atoms with Gasteiger partial charge in [0.15, 0.2) is 0 Å². The van der Waals surface area contributed by atoms with Gasteiger partial charge in [-0.25, -0.2) is 9.97 Å². The summed E-state index contributed by atoms with van der Waals surface area (Å²) >= 11 is 0. The van der Waals surface area contributed by atoms with Crippen molar-refractivity contribution >= 4 is 11.7 Å². The molecule has 0 saturated heterocycles. The molecule has 0 bridgehead atoms. The van der Waals surface area contributed by atoms with Crippen molar-refractivity contribution < 1.29 is 9.90 Å². The van der Waals surface area contributed by atoms with Crippen molar-refractivity contribution in [3.05, 3.63) is 54.0 Å². The summed E-state index contributed by atoms with van der Waals surface area (Å²) in [7, 11) is 0. The lowest BCUT2D eigenvalue weighted by atomic mass is 10.2. The maximum Gasteiger partial charge on any atom is 0.276 e. The lowest BCUT2D eigenvalue weighted by Gasteiger charge is -2.04. The highest BCUT2D eigenvalue weighted by atomic mass is 16.2. The summed E-state index contributed by atoms with van der Waals surface area (Å²) in [6, 6.07) is 8.56. The standard InChI is InChI=1S/C14H11N3O2/c18-10-4-6-11-5-3-9-16-13(11)14(19)17-12-7-1-2-8-15-12/h1-3,5,7-9,18H,10H2,(H,15,17,19). The van der Waals surface area contributed by atoms with Crippen molar-refractivity contribution in [2.45, 2.75) is 0 Å². The molecule has 19 heavy (non-hydrogen) atoms. The first-order valence-corrected chi connectivity index (χ1v) is 5.58. The lowest BCUT2D eigenvalue weighted by Crippen LogP contribution is -2.16. The number of carbonyl (C=O) groups is 1. The Bertz CT molecular complexity index is 630. The molecule has 2 heterocycles. The molecule has 0 unspecified atom stereocenters. The molecule has 2 aromatic rings. The van der Waals surface area contributed by atoms with Crippen LogP contribution in [0.5, 0.6) is 0 Å². The Balaban J connectivity index is 2.24. The number of hydrogen-bond acceptors (Lipinski definition) is 4. The molecule has 0 radical (unpaired) electrons. The van der Waals surface area contributed by atoms with Gasteiger partial charge in [0.25, 0.3) is 5.91 Å². The van der Waals surface area contributed by atoms with Gasteiger partial charge in [-0.15, -0.1) is 0 Å². The number of aliphatic hydroxyl groups excluding tert-OH is 1. The lowest BCUT2D eigenvalue weighted by molar-refractivity contribution is 0.102. The summed E-state index contributed by atoms with van der Waals surface area (Å²) in [5, 5.41) is 11.3. The Morgan fingerprint density at radius 2 is 2.05 bits per heavy atom. The SMILES string of the molecule is O=C(Nc1ccccn1)c1ncccc1C#CCO. The Labute approximate surface area is 110 Å². The predicted octanol–water partition coefficient (Wildman–Crippen LogP) is 1.07. The molecular formula is C14H11N3O2. The zero-order chi connectivity index (χ0) is 13.5. The third kappa shape index (κ3) is 3.37. The maximum atomic E-state index is 12.1. The van der Waals surface area contributed by atoms with E-state index in [0.717, 1.165) is 0 Å². The summed E-state index contributed by atoms with van der Waals surface area (Å²) in [5.41, 5.74) is 0.666. The van der Waals surface area contributed by atoms with Crippen molar-refractivity contribution in [1.82, 2.24) is 9.97 Å². The number of carbonyl (C=O) groups excluding carboxylic acids is 1. The average Bonchev–Trinajstić information content (AvgIpc) is 2.46. The molecule has 0 aliphatic rings. The van der Waals surface area contributed by atoms with Crippen LogP contribution in [-0.2, 0) is 0 Å². The minimum atomic E-state index is -0.387. The highest BCUT2D eigenvalue weighted by Gasteiger charge is 2.11. The van der Waals surface area contributed by atoms with Crippen LogP contribution in [0.3, 0.4) is 0 Å². The molecular weight excluding hydrogens is 242 g/mol. The van der Waals surface area contributed by atoms with Crippen molar-refractivity contribution in [2.24, 2.45) is 0 Å². The second kappa shape index (κ2) is 6.28. The number of nitrogens with zero attached hydrogens (tertiary/aromatic N) is 2. The van der Waals surface area contributed by atoms with Gasteiger partial charge in [0.05, 0.1) is 5.56 Å². The molecule has 5 nitrogen and oxygen atoms in total.